The van der Waals surface area contributed by atoms with Crippen LogP contribution in [0, 0.1) is 0 Å². The maximum Gasteiger partial charge on any atom is 0.0412 e. The summed E-state index contributed by atoms with van der Waals surface area (Å²) in [7, 11) is 1.74. The minimum atomic E-state index is 0.748. The van der Waals surface area contributed by atoms with Crippen molar-refractivity contribution in [1.29, 1.82) is 0 Å². The van der Waals surface area contributed by atoms with E-state index in [-0.39, 0.29) is 0 Å². The molecule has 0 fully saturated rings. The molecule has 10 heavy (non-hydrogen) atoms. The summed E-state index contributed by atoms with van der Waals surface area (Å²) >= 11 is 5.72. The van der Waals surface area contributed by atoms with Gasteiger partial charge in [0.05, 0.1) is 0 Å². The smallest absolute Gasteiger partial charge is 0.0412 e. The van der Waals surface area contributed by atoms with Crippen molar-refractivity contribution in [2.45, 2.75) is 0 Å². The molecule has 0 heterocycles. The Kier molecular flexibility index (Phi) is 2.46. The van der Waals surface area contributed by atoms with Crippen LogP contribution in [0.2, 0.25) is 5.02 Å². The van der Waals surface area contributed by atoms with Gasteiger partial charge in [0.1, 0.15) is 0 Å². The predicted molar refractivity (Wildman–Crippen MR) is 45.0 cm³/mol. The van der Waals surface area contributed by atoms with E-state index < -0.39 is 0 Å². The van der Waals surface area contributed by atoms with Gasteiger partial charge in [0, 0.05) is 18.3 Å². The van der Waals surface area contributed by atoms with Gasteiger partial charge in [-0.3, -0.25) is 4.99 Å². The Hall–Kier alpha value is -0.820. The van der Waals surface area contributed by atoms with E-state index in [0.29, 0.717) is 0 Å². The Morgan fingerprint density at radius 1 is 1.50 bits per heavy atom. The van der Waals surface area contributed by atoms with Crippen LogP contribution in [0.4, 0.5) is 0 Å². The van der Waals surface area contributed by atoms with E-state index in [4.69, 9.17) is 11.6 Å². The standard InChI is InChI=1S/C8H8ClN/c1-10-6-7-3-2-4-8(9)5-7/h2-6H,1H3. The Labute approximate surface area is 65.4 Å². The van der Waals surface area contributed by atoms with Gasteiger partial charge in [0.2, 0.25) is 0 Å². The van der Waals surface area contributed by atoms with Crippen molar-refractivity contribution in [3.8, 4) is 0 Å². The van der Waals surface area contributed by atoms with Gasteiger partial charge in [-0.2, -0.15) is 0 Å². The minimum absolute atomic E-state index is 0.748. The van der Waals surface area contributed by atoms with Gasteiger partial charge in [-0.25, -0.2) is 0 Å². The molecule has 0 aromatic heterocycles. The van der Waals surface area contributed by atoms with Gasteiger partial charge in [-0.1, -0.05) is 23.7 Å². The van der Waals surface area contributed by atoms with Gasteiger partial charge < -0.3 is 0 Å². The highest BCUT2D eigenvalue weighted by molar-refractivity contribution is 6.30. The maximum atomic E-state index is 5.72. The van der Waals surface area contributed by atoms with Gasteiger partial charge in [0.25, 0.3) is 0 Å². The van der Waals surface area contributed by atoms with Crippen LogP contribution in [0.25, 0.3) is 0 Å². The average Bonchev–Trinajstić information content (AvgIpc) is 1.88. The Bertz CT molecular complexity index is 243. The molecule has 0 aliphatic rings. The lowest BCUT2D eigenvalue weighted by atomic mass is 10.2. The van der Waals surface area contributed by atoms with Crippen molar-refractivity contribution < 1.29 is 0 Å². The van der Waals surface area contributed by atoms with Gasteiger partial charge in [0.15, 0.2) is 0 Å². The van der Waals surface area contributed by atoms with E-state index in [0.717, 1.165) is 10.6 Å². The molecule has 1 aromatic rings. The van der Waals surface area contributed by atoms with E-state index in [1.54, 1.807) is 13.3 Å². The highest BCUT2D eigenvalue weighted by Crippen LogP contribution is 2.08. The predicted octanol–water partition coefficient (Wildman–Crippen LogP) is 2.39. The Morgan fingerprint density at radius 3 is 2.90 bits per heavy atom. The van der Waals surface area contributed by atoms with Crippen molar-refractivity contribution >= 4 is 17.8 Å². The van der Waals surface area contributed by atoms with Gasteiger partial charge >= 0.3 is 0 Å². The van der Waals surface area contributed by atoms with Gasteiger partial charge in [-0.05, 0) is 17.7 Å². The quantitative estimate of drug-likeness (QED) is 0.550. The lowest BCUT2D eigenvalue weighted by Crippen LogP contribution is -1.77. The molecule has 0 unspecified atom stereocenters. The van der Waals surface area contributed by atoms with E-state index in [9.17, 15) is 0 Å². The van der Waals surface area contributed by atoms with Crippen LogP contribution < -0.4 is 0 Å². The molecular weight excluding hydrogens is 146 g/mol. The second-order valence-electron chi connectivity index (χ2n) is 1.94. The summed E-state index contributed by atoms with van der Waals surface area (Å²) in [5.41, 5.74) is 1.04. The zero-order chi connectivity index (χ0) is 7.40. The van der Waals surface area contributed by atoms with Crippen molar-refractivity contribution in [2.24, 2.45) is 4.99 Å². The minimum Gasteiger partial charge on any atom is -0.296 e. The highest BCUT2D eigenvalue weighted by Gasteiger charge is 1.86. The van der Waals surface area contributed by atoms with E-state index in [1.165, 1.54) is 0 Å². The first-order valence-electron chi connectivity index (χ1n) is 3.00. The normalized spacial score (nSPS) is 10.6. The molecule has 0 spiro atoms. The molecule has 0 radical (unpaired) electrons. The molecule has 0 saturated carbocycles. The third-order valence-corrected chi connectivity index (χ3v) is 1.36. The molecule has 1 rings (SSSR count). The van der Waals surface area contributed by atoms with E-state index in [2.05, 4.69) is 4.99 Å². The SMILES string of the molecule is CN=Cc1cccc(Cl)c1. The number of nitrogens with zero attached hydrogens (tertiary/aromatic N) is 1. The summed E-state index contributed by atoms with van der Waals surface area (Å²) < 4.78 is 0. The fourth-order valence-corrected chi connectivity index (χ4v) is 0.935. The molecule has 0 aliphatic heterocycles. The number of rotatable bonds is 1. The lowest BCUT2D eigenvalue weighted by molar-refractivity contribution is 1.46. The molecule has 0 bridgehead atoms. The molecule has 0 N–H and O–H groups in total. The van der Waals surface area contributed by atoms with Gasteiger partial charge in [-0.15, -0.1) is 0 Å². The van der Waals surface area contributed by atoms with Crippen molar-refractivity contribution in [3.05, 3.63) is 34.9 Å². The Balaban J connectivity index is 2.95. The summed E-state index contributed by atoms with van der Waals surface area (Å²) in [5.74, 6) is 0. The van der Waals surface area contributed by atoms with E-state index in [1.807, 2.05) is 24.3 Å². The summed E-state index contributed by atoms with van der Waals surface area (Å²) in [5, 5.41) is 0.748. The number of benzene rings is 1. The third kappa shape index (κ3) is 1.85. The number of hydrogen-bond donors (Lipinski definition) is 0. The van der Waals surface area contributed by atoms with Crippen molar-refractivity contribution in [1.82, 2.24) is 0 Å². The van der Waals surface area contributed by atoms with Crippen LogP contribution in [0.1, 0.15) is 5.56 Å². The summed E-state index contributed by atoms with van der Waals surface area (Å²) in [6.45, 7) is 0. The second kappa shape index (κ2) is 3.37. The molecule has 0 amide bonds. The fraction of sp³-hybridized carbons (Fsp3) is 0.125. The zero-order valence-electron chi connectivity index (χ0n) is 5.71. The largest absolute Gasteiger partial charge is 0.296 e. The lowest BCUT2D eigenvalue weighted by Gasteiger charge is -1.90. The first-order chi connectivity index (χ1) is 4.83. The molecule has 0 saturated heterocycles. The van der Waals surface area contributed by atoms with Crippen LogP contribution in [0.15, 0.2) is 29.3 Å². The monoisotopic (exact) mass is 153 g/mol. The van der Waals surface area contributed by atoms with Crippen LogP contribution in [0.5, 0.6) is 0 Å². The fourth-order valence-electron chi connectivity index (χ4n) is 0.736. The second-order valence-corrected chi connectivity index (χ2v) is 2.38. The van der Waals surface area contributed by atoms with Crippen LogP contribution in [-0.4, -0.2) is 13.3 Å². The topological polar surface area (TPSA) is 12.4 Å². The molecule has 0 atom stereocenters. The summed E-state index contributed by atoms with van der Waals surface area (Å²) in [6.07, 6.45) is 1.77. The van der Waals surface area contributed by atoms with Crippen molar-refractivity contribution in [2.75, 3.05) is 7.05 Å². The molecule has 1 nitrogen and oxygen atoms in total. The zero-order valence-corrected chi connectivity index (χ0v) is 6.47. The highest BCUT2D eigenvalue weighted by atomic mass is 35.5. The molecule has 0 aliphatic carbocycles. The number of halogens is 1. The number of aliphatic imine (C=N–C) groups is 1. The van der Waals surface area contributed by atoms with Crippen LogP contribution in [0.3, 0.4) is 0 Å². The first-order valence-corrected chi connectivity index (χ1v) is 3.38. The van der Waals surface area contributed by atoms with Crippen LogP contribution in [-0.2, 0) is 0 Å². The molecule has 2 heteroatoms. The number of hydrogen-bond acceptors (Lipinski definition) is 1. The molecule has 1 aromatic carbocycles. The summed E-state index contributed by atoms with van der Waals surface area (Å²) in [4.78, 5) is 3.86. The first kappa shape index (κ1) is 7.29. The summed E-state index contributed by atoms with van der Waals surface area (Å²) in [6, 6.07) is 7.57. The maximum absolute atomic E-state index is 5.72. The van der Waals surface area contributed by atoms with Crippen molar-refractivity contribution in [3.63, 3.8) is 0 Å². The Morgan fingerprint density at radius 2 is 2.30 bits per heavy atom. The molecule has 52 valence electrons. The molecular formula is C8H8ClN. The third-order valence-electron chi connectivity index (χ3n) is 1.13. The van der Waals surface area contributed by atoms with Crippen LogP contribution >= 0.6 is 11.6 Å². The van der Waals surface area contributed by atoms with E-state index >= 15 is 0 Å². The average molecular weight is 154 g/mol.